The Morgan fingerprint density at radius 3 is 1.72 bits per heavy atom. The lowest BCUT2D eigenvalue weighted by molar-refractivity contribution is -0.141. The van der Waals surface area contributed by atoms with Crippen LogP contribution in [0.15, 0.2) is 109 Å². The van der Waals surface area contributed by atoms with Crippen molar-refractivity contribution in [2.24, 2.45) is 0 Å². The standard InChI is InChI=1S/C33H33Cl2N3O4S/c1-43(41,42)37(22-27-10-6-3-7-11-27)24-32(39)38(23-28-14-18-30(35)19-15-28)31(20-25-8-4-2-5-9-25)33(40)36-21-26-12-16-29(34)17-13-26/h2-19,31H,20-24H2,1H3,(H,36,40). The van der Waals surface area contributed by atoms with Crippen molar-refractivity contribution < 1.29 is 18.0 Å². The normalized spacial score (nSPS) is 12.1. The van der Waals surface area contributed by atoms with Gasteiger partial charge in [0.05, 0.1) is 12.8 Å². The monoisotopic (exact) mass is 637 g/mol. The number of carbonyl (C=O) groups excluding carboxylic acids is 2. The van der Waals surface area contributed by atoms with Crippen LogP contribution in [0, 0.1) is 0 Å². The SMILES string of the molecule is CS(=O)(=O)N(CC(=O)N(Cc1ccc(Cl)cc1)C(Cc1ccccc1)C(=O)NCc1ccc(Cl)cc1)Cc1ccccc1. The van der Waals surface area contributed by atoms with Crippen molar-refractivity contribution in [1.82, 2.24) is 14.5 Å². The van der Waals surface area contributed by atoms with Crippen LogP contribution >= 0.6 is 23.2 Å². The van der Waals surface area contributed by atoms with Crippen LogP contribution in [0.3, 0.4) is 0 Å². The first-order valence-electron chi connectivity index (χ1n) is 13.7. The van der Waals surface area contributed by atoms with E-state index in [1.807, 2.05) is 60.7 Å². The van der Waals surface area contributed by atoms with Gasteiger partial charge in [0.1, 0.15) is 6.04 Å². The summed E-state index contributed by atoms with van der Waals surface area (Å²) in [6.45, 7) is -0.109. The van der Waals surface area contributed by atoms with Crippen LogP contribution in [0.2, 0.25) is 10.0 Å². The minimum atomic E-state index is -3.77. The number of amides is 2. The second kappa shape index (κ2) is 15.2. The van der Waals surface area contributed by atoms with Crippen LogP contribution in [-0.2, 0) is 45.7 Å². The summed E-state index contributed by atoms with van der Waals surface area (Å²) in [6, 6.07) is 31.6. The molecule has 0 saturated heterocycles. The van der Waals surface area contributed by atoms with Gasteiger partial charge in [-0.2, -0.15) is 4.31 Å². The van der Waals surface area contributed by atoms with Crippen LogP contribution in [0.5, 0.6) is 0 Å². The summed E-state index contributed by atoms with van der Waals surface area (Å²) in [5.74, 6) is -0.867. The van der Waals surface area contributed by atoms with Crippen molar-refractivity contribution >= 4 is 45.0 Å². The van der Waals surface area contributed by atoms with Gasteiger partial charge < -0.3 is 10.2 Å². The summed E-state index contributed by atoms with van der Waals surface area (Å²) in [4.78, 5) is 29.4. The Balaban J connectivity index is 1.67. The van der Waals surface area contributed by atoms with E-state index in [4.69, 9.17) is 23.2 Å². The number of benzene rings is 4. The van der Waals surface area contributed by atoms with Gasteiger partial charge in [-0.3, -0.25) is 9.59 Å². The van der Waals surface area contributed by atoms with E-state index < -0.39 is 28.5 Å². The molecule has 43 heavy (non-hydrogen) atoms. The molecule has 0 aromatic heterocycles. The molecule has 0 fully saturated rings. The van der Waals surface area contributed by atoms with Gasteiger partial charge >= 0.3 is 0 Å². The van der Waals surface area contributed by atoms with Gasteiger partial charge in [-0.15, -0.1) is 0 Å². The molecule has 0 bridgehead atoms. The molecular formula is C33H33Cl2N3O4S. The van der Waals surface area contributed by atoms with Gasteiger partial charge in [0.2, 0.25) is 21.8 Å². The van der Waals surface area contributed by atoms with E-state index in [0.29, 0.717) is 10.0 Å². The average molecular weight is 639 g/mol. The van der Waals surface area contributed by atoms with E-state index in [1.54, 1.807) is 48.5 Å². The highest BCUT2D eigenvalue weighted by molar-refractivity contribution is 7.88. The Kier molecular flexibility index (Phi) is 11.4. The molecule has 0 heterocycles. The largest absolute Gasteiger partial charge is 0.350 e. The van der Waals surface area contributed by atoms with Crippen molar-refractivity contribution in [3.63, 3.8) is 0 Å². The van der Waals surface area contributed by atoms with E-state index in [9.17, 15) is 18.0 Å². The molecule has 2 amide bonds. The van der Waals surface area contributed by atoms with Crippen molar-refractivity contribution in [1.29, 1.82) is 0 Å². The Hall–Kier alpha value is -3.69. The number of hydrogen-bond acceptors (Lipinski definition) is 4. The fourth-order valence-corrected chi connectivity index (χ4v) is 5.55. The predicted octanol–water partition coefficient (Wildman–Crippen LogP) is 5.71. The smallest absolute Gasteiger partial charge is 0.243 e. The number of hydrogen-bond donors (Lipinski definition) is 1. The van der Waals surface area contributed by atoms with Gasteiger partial charge in [0.25, 0.3) is 0 Å². The van der Waals surface area contributed by atoms with Crippen molar-refractivity contribution in [3.8, 4) is 0 Å². The summed E-state index contributed by atoms with van der Waals surface area (Å²) in [5, 5.41) is 4.09. The molecule has 0 radical (unpaired) electrons. The average Bonchev–Trinajstić information content (AvgIpc) is 2.99. The van der Waals surface area contributed by atoms with E-state index in [2.05, 4.69) is 5.32 Å². The molecular weight excluding hydrogens is 605 g/mol. The molecule has 1 N–H and O–H groups in total. The zero-order valence-corrected chi connectivity index (χ0v) is 26.0. The van der Waals surface area contributed by atoms with Crippen molar-refractivity contribution in [3.05, 3.63) is 141 Å². The topological polar surface area (TPSA) is 86.8 Å². The zero-order chi connectivity index (χ0) is 30.8. The van der Waals surface area contributed by atoms with Crippen molar-refractivity contribution in [2.75, 3.05) is 12.8 Å². The molecule has 0 saturated carbocycles. The lowest BCUT2D eigenvalue weighted by atomic mass is 10.0. The van der Waals surface area contributed by atoms with Gasteiger partial charge in [0, 0.05) is 36.1 Å². The molecule has 4 rings (SSSR count). The fraction of sp³-hybridized carbons (Fsp3) is 0.212. The number of sulfonamides is 1. The Morgan fingerprint density at radius 2 is 1.19 bits per heavy atom. The number of carbonyl (C=O) groups is 2. The molecule has 0 aliphatic heterocycles. The first-order chi connectivity index (χ1) is 20.6. The van der Waals surface area contributed by atoms with Crippen LogP contribution in [0.1, 0.15) is 22.3 Å². The summed E-state index contributed by atoms with van der Waals surface area (Å²) in [5.41, 5.74) is 3.19. The van der Waals surface area contributed by atoms with Crippen LogP contribution in [0.25, 0.3) is 0 Å². The minimum Gasteiger partial charge on any atom is -0.350 e. The lowest BCUT2D eigenvalue weighted by Gasteiger charge is -2.33. The molecule has 0 spiro atoms. The highest BCUT2D eigenvalue weighted by atomic mass is 35.5. The fourth-order valence-electron chi connectivity index (χ4n) is 4.57. The minimum absolute atomic E-state index is 0.0202. The highest BCUT2D eigenvalue weighted by Crippen LogP contribution is 2.19. The second-order valence-corrected chi connectivity index (χ2v) is 13.1. The van der Waals surface area contributed by atoms with E-state index in [0.717, 1.165) is 32.8 Å². The summed E-state index contributed by atoms with van der Waals surface area (Å²) >= 11 is 12.1. The predicted molar refractivity (Wildman–Crippen MR) is 171 cm³/mol. The quantitative estimate of drug-likeness (QED) is 0.203. The summed E-state index contributed by atoms with van der Waals surface area (Å²) in [6.07, 6.45) is 1.30. The molecule has 10 heteroatoms. The van der Waals surface area contributed by atoms with Crippen molar-refractivity contribution in [2.45, 2.75) is 32.1 Å². The summed E-state index contributed by atoms with van der Waals surface area (Å²) in [7, 11) is -3.77. The van der Waals surface area contributed by atoms with Gasteiger partial charge in [-0.25, -0.2) is 8.42 Å². The van der Waals surface area contributed by atoms with Crippen LogP contribution < -0.4 is 5.32 Å². The highest BCUT2D eigenvalue weighted by Gasteiger charge is 2.33. The molecule has 224 valence electrons. The molecule has 0 aliphatic rings. The Bertz CT molecular complexity index is 1600. The number of halogens is 2. The van der Waals surface area contributed by atoms with E-state index in [1.165, 1.54) is 4.90 Å². The Morgan fingerprint density at radius 1 is 0.698 bits per heavy atom. The maximum atomic E-state index is 14.1. The molecule has 4 aromatic carbocycles. The van der Waals surface area contributed by atoms with Crippen LogP contribution in [0.4, 0.5) is 0 Å². The van der Waals surface area contributed by atoms with E-state index in [-0.39, 0.29) is 32.0 Å². The maximum absolute atomic E-state index is 14.1. The second-order valence-electron chi connectivity index (χ2n) is 10.2. The van der Waals surface area contributed by atoms with E-state index >= 15 is 0 Å². The first-order valence-corrected chi connectivity index (χ1v) is 16.3. The third-order valence-corrected chi connectivity index (χ3v) is 8.60. The van der Waals surface area contributed by atoms with Gasteiger partial charge in [0.15, 0.2) is 0 Å². The molecule has 1 atom stereocenters. The number of nitrogens with zero attached hydrogens (tertiary/aromatic N) is 2. The van der Waals surface area contributed by atoms with Gasteiger partial charge in [-0.05, 0) is 46.5 Å². The lowest BCUT2D eigenvalue weighted by Crippen LogP contribution is -2.53. The molecule has 1 unspecified atom stereocenters. The molecule has 0 aliphatic carbocycles. The Labute approximate surface area is 263 Å². The zero-order valence-electron chi connectivity index (χ0n) is 23.7. The maximum Gasteiger partial charge on any atom is 0.243 e. The summed E-state index contributed by atoms with van der Waals surface area (Å²) < 4.78 is 26.8. The number of nitrogens with one attached hydrogen (secondary N) is 1. The first kappa shape index (κ1) is 32.2. The molecule has 7 nitrogen and oxygen atoms in total. The molecule has 4 aromatic rings. The van der Waals surface area contributed by atoms with Gasteiger partial charge in [-0.1, -0.05) is 108 Å². The third-order valence-electron chi connectivity index (χ3n) is 6.90. The van der Waals surface area contributed by atoms with Crippen LogP contribution in [-0.4, -0.2) is 48.3 Å². The number of rotatable bonds is 13. The third kappa shape index (κ3) is 9.93.